The molecule has 2 N–H and O–H groups in total. The summed E-state index contributed by atoms with van der Waals surface area (Å²) in [4.78, 5) is 23.3. The third-order valence-corrected chi connectivity index (χ3v) is 3.23. The van der Waals surface area contributed by atoms with E-state index in [4.69, 9.17) is 4.42 Å². The molecule has 1 saturated carbocycles. The van der Waals surface area contributed by atoms with Gasteiger partial charge in [-0.25, -0.2) is 5.43 Å². The van der Waals surface area contributed by atoms with Crippen molar-refractivity contribution in [2.75, 3.05) is 0 Å². The van der Waals surface area contributed by atoms with Crippen LogP contribution in [0, 0.1) is 0 Å². The molecule has 1 aliphatic rings. The molecular weight excluding hydrogens is 258 g/mol. The van der Waals surface area contributed by atoms with E-state index in [0.29, 0.717) is 11.8 Å². The van der Waals surface area contributed by atoms with Gasteiger partial charge in [-0.1, -0.05) is 12.8 Å². The quantitative estimate of drug-likeness (QED) is 0.636. The van der Waals surface area contributed by atoms with Crippen LogP contribution in [0.25, 0.3) is 0 Å². The maximum absolute atomic E-state index is 11.8. The number of carbonyl (C=O) groups excluding carboxylic acids is 2. The number of hydrogen-bond donors (Lipinski definition) is 2. The van der Waals surface area contributed by atoms with Crippen LogP contribution in [-0.4, -0.2) is 23.6 Å². The Bertz CT molecular complexity index is 488. The van der Waals surface area contributed by atoms with Gasteiger partial charge in [-0.05, 0) is 31.9 Å². The van der Waals surface area contributed by atoms with Crippen molar-refractivity contribution in [1.29, 1.82) is 0 Å². The molecule has 1 heterocycles. The summed E-state index contributed by atoms with van der Waals surface area (Å²) in [6, 6.07) is 3.47. The van der Waals surface area contributed by atoms with Gasteiger partial charge in [0.25, 0.3) is 0 Å². The molecule has 1 aromatic rings. The molecule has 6 nitrogen and oxygen atoms in total. The minimum Gasteiger partial charge on any atom is -0.459 e. The summed E-state index contributed by atoms with van der Waals surface area (Å²) >= 11 is 0. The molecule has 108 valence electrons. The van der Waals surface area contributed by atoms with Gasteiger partial charge in [-0.2, -0.15) is 5.10 Å². The van der Waals surface area contributed by atoms with Gasteiger partial charge in [-0.15, -0.1) is 0 Å². The van der Waals surface area contributed by atoms with Crippen LogP contribution >= 0.6 is 0 Å². The summed E-state index contributed by atoms with van der Waals surface area (Å²) in [6.07, 6.45) is 6.07. The summed E-state index contributed by atoms with van der Waals surface area (Å²) < 4.78 is 4.94. The van der Waals surface area contributed by atoms with Crippen molar-refractivity contribution in [3.63, 3.8) is 0 Å². The SMILES string of the molecule is C/C(CC(=O)NC1CCCC1)=N\NC(=O)c1ccco1. The first-order chi connectivity index (χ1) is 9.65. The lowest BCUT2D eigenvalue weighted by atomic mass is 10.2. The van der Waals surface area contributed by atoms with Crippen molar-refractivity contribution in [1.82, 2.24) is 10.7 Å². The van der Waals surface area contributed by atoms with Crippen LogP contribution in [0.4, 0.5) is 0 Å². The number of hydrogen-bond acceptors (Lipinski definition) is 4. The number of nitrogens with one attached hydrogen (secondary N) is 2. The van der Waals surface area contributed by atoms with E-state index < -0.39 is 5.91 Å². The van der Waals surface area contributed by atoms with Gasteiger partial charge < -0.3 is 9.73 Å². The summed E-state index contributed by atoms with van der Waals surface area (Å²) in [5, 5.41) is 6.86. The number of furan rings is 1. The third-order valence-electron chi connectivity index (χ3n) is 3.23. The average molecular weight is 277 g/mol. The van der Waals surface area contributed by atoms with E-state index in [1.807, 2.05) is 0 Å². The lowest BCUT2D eigenvalue weighted by Gasteiger charge is -2.11. The predicted octanol–water partition coefficient (Wildman–Crippen LogP) is 1.83. The molecule has 0 atom stereocenters. The van der Waals surface area contributed by atoms with Gasteiger partial charge >= 0.3 is 5.91 Å². The van der Waals surface area contributed by atoms with E-state index in [-0.39, 0.29) is 18.1 Å². The zero-order valence-corrected chi connectivity index (χ0v) is 11.5. The normalized spacial score (nSPS) is 16.1. The topological polar surface area (TPSA) is 83.7 Å². The second kappa shape index (κ2) is 6.88. The highest BCUT2D eigenvalue weighted by atomic mass is 16.3. The van der Waals surface area contributed by atoms with Gasteiger partial charge in [0.05, 0.1) is 12.7 Å². The summed E-state index contributed by atoms with van der Waals surface area (Å²) in [5.41, 5.74) is 2.92. The zero-order chi connectivity index (χ0) is 14.4. The zero-order valence-electron chi connectivity index (χ0n) is 11.5. The monoisotopic (exact) mass is 277 g/mol. The molecule has 0 spiro atoms. The Balaban J connectivity index is 1.75. The van der Waals surface area contributed by atoms with E-state index in [9.17, 15) is 9.59 Å². The first-order valence-electron chi connectivity index (χ1n) is 6.81. The van der Waals surface area contributed by atoms with E-state index in [1.54, 1.807) is 19.1 Å². The Labute approximate surface area is 117 Å². The number of hydrazone groups is 1. The molecule has 0 bridgehead atoms. The molecule has 1 aliphatic carbocycles. The fourth-order valence-corrected chi connectivity index (χ4v) is 2.23. The van der Waals surface area contributed by atoms with Gasteiger partial charge in [0, 0.05) is 11.8 Å². The average Bonchev–Trinajstić information content (AvgIpc) is 3.08. The summed E-state index contributed by atoms with van der Waals surface area (Å²) in [6.45, 7) is 1.71. The molecule has 1 fully saturated rings. The van der Waals surface area contributed by atoms with E-state index in [2.05, 4.69) is 15.8 Å². The Morgan fingerprint density at radius 2 is 2.15 bits per heavy atom. The lowest BCUT2D eigenvalue weighted by molar-refractivity contribution is -0.120. The Morgan fingerprint density at radius 3 is 2.80 bits per heavy atom. The molecule has 0 radical (unpaired) electrons. The van der Waals surface area contributed by atoms with Crippen LogP contribution < -0.4 is 10.7 Å². The Kier molecular flexibility index (Phi) is 4.92. The predicted molar refractivity (Wildman–Crippen MR) is 74.3 cm³/mol. The summed E-state index contributed by atoms with van der Waals surface area (Å²) in [7, 11) is 0. The van der Waals surface area contributed by atoms with Crippen LogP contribution in [0.2, 0.25) is 0 Å². The summed E-state index contributed by atoms with van der Waals surface area (Å²) in [5.74, 6) is -0.284. The molecular formula is C14H19N3O3. The standard InChI is InChI=1S/C14H19N3O3/c1-10(9-13(18)15-11-5-2-3-6-11)16-17-14(19)12-7-4-8-20-12/h4,7-8,11H,2-3,5-6,9H2,1H3,(H,15,18)(H,17,19)/b16-10+. The van der Waals surface area contributed by atoms with Gasteiger partial charge in [-0.3, -0.25) is 9.59 Å². The third kappa shape index (κ3) is 4.22. The van der Waals surface area contributed by atoms with E-state index >= 15 is 0 Å². The van der Waals surface area contributed by atoms with Crippen LogP contribution in [0.5, 0.6) is 0 Å². The van der Waals surface area contributed by atoms with Crippen LogP contribution in [-0.2, 0) is 4.79 Å². The van der Waals surface area contributed by atoms with Crippen molar-refractivity contribution in [2.24, 2.45) is 5.10 Å². The molecule has 0 unspecified atom stereocenters. The second-order valence-corrected chi connectivity index (χ2v) is 4.99. The highest BCUT2D eigenvalue weighted by molar-refractivity contribution is 6.00. The molecule has 20 heavy (non-hydrogen) atoms. The van der Waals surface area contributed by atoms with Crippen molar-refractivity contribution < 1.29 is 14.0 Å². The van der Waals surface area contributed by atoms with Crippen molar-refractivity contribution >= 4 is 17.5 Å². The smallest absolute Gasteiger partial charge is 0.307 e. The molecule has 0 saturated heterocycles. The maximum Gasteiger partial charge on any atom is 0.307 e. The van der Waals surface area contributed by atoms with Crippen molar-refractivity contribution in [3.8, 4) is 0 Å². The van der Waals surface area contributed by atoms with Crippen LogP contribution in [0.3, 0.4) is 0 Å². The first-order valence-corrected chi connectivity index (χ1v) is 6.81. The largest absolute Gasteiger partial charge is 0.459 e. The molecule has 2 amide bonds. The Morgan fingerprint density at radius 1 is 1.40 bits per heavy atom. The molecule has 1 aromatic heterocycles. The van der Waals surface area contributed by atoms with Crippen LogP contribution in [0.15, 0.2) is 27.9 Å². The number of nitrogens with zero attached hydrogens (tertiary/aromatic N) is 1. The molecule has 2 rings (SSSR count). The number of carbonyl (C=O) groups is 2. The fraction of sp³-hybridized carbons (Fsp3) is 0.500. The Hall–Kier alpha value is -2.11. The van der Waals surface area contributed by atoms with Crippen LogP contribution in [0.1, 0.15) is 49.6 Å². The molecule has 0 aromatic carbocycles. The number of amides is 2. The van der Waals surface area contributed by atoms with Gasteiger partial charge in [0.15, 0.2) is 5.76 Å². The molecule has 0 aliphatic heterocycles. The minimum absolute atomic E-state index is 0.0506. The van der Waals surface area contributed by atoms with Crippen molar-refractivity contribution in [3.05, 3.63) is 24.2 Å². The van der Waals surface area contributed by atoms with E-state index in [1.165, 1.54) is 19.1 Å². The lowest BCUT2D eigenvalue weighted by Crippen LogP contribution is -2.33. The maximum atomic E-state index is 11.8. The van der Waals surface area contributed by atoms with Gasteiger partial charge in [0.2, 0.25) is 5.91 Å². The second-order valence-electron chi connectivity index (χ2n) is 4.99. The van der Waals surface area contributed by atoms with Gasteiger partial charge in [0.1, 0.15) is 0 Å². The first kappa shape index (κ1) is 14.3. The van der Waals surface area contributed by atoms with Crippen molar-refractivity contribution in [2.45, 2.75) is 45.1 Å². The highest BCUT2D eigenvalue weighted by Gasteiger charge is 2.17. The number of rotatable bonds is 5. The van der Waals surface area contributed by atoms with E-state index in [0.717, 1.165) is 12.8 Å². The molecule has 6 heteroatoms. The minimum atomic E-state index is -0.425. The highest BCUT2D eigenvalue weighted by Crippen LogP contribution is 2.17. The fourth-order valence-electron chi connectivity index (χ4n) is 2.23.